The summed E-state index contributed by atoms with van der Waals surface area (Å²) in [6, 6.07) is 0. The van der Waals surface area contributed by atoms with Crippen LogP contribution in [0.1, 0.15) is 65.2 Å². The highest BCUT2D eigenvalue weighted by atomic mass is 16.7. The fourth-order valence-corrected chi connectivity index (χ4v) is 9.68. The first kappa shape index (κ1) is 21.3. The van der Waals surface area contributed by atoms with Crippen molar-refractivity contribution in [2.24, 2.45) is 40.4 Å². The third-order valence-corrected chi connectivity index (χ3v) is 10.9. The normalized spacial score (nSPS) is 52.6. The lowest BCUT2D eigenvalue weighted by Crippen LogP contribution is -2.62. The van der Waals surface area contributed by atoms with Crippen LogP contribution < -0.4 is 0 Å². The summed E-state index contributed by atoms with van der Waals surface area (Å²) in [5, 5.41) is 22.5. The Balaban J connectivity index is 1.30. The summed E-state index contributed by atoms with van der Waals surface area (Å²) in [5.74, 6) is 0.892. The molecule has 6 nitrogen and oxygen atoms in total. The van der Waals surface area contributed by atoms with E-state index in [0.29, 0.717) is 56.5 Å². The second kappa shape index (κ2) is 7.13. The number of ether oxygens (including phenoxy) is 4. The van der Waals surface area contributed by atoms with E-state index >= 15 is 0 Å². The molecule has 6 fully saturated rings. The van der Waals surface area contributed by atoms with Crippen molar-refractivity contribution in [3.8, 4) is 0 Å². The third kappa shape index (κ3) is 2.85. The van der Waals surface area contributed by atoms with Crippen LogP contribution in [0.15, 0.2) is 0 Å². The van der Waals surface area contributed by atoms with Gasteiger partial charge in [0.1, 0.15) is 0 Å². The van der Waals surface area contributed by atoms with Gasteiger partial charge < -0.3 is 29.2 Å². The molecular formula is C25H40O6. The summed E-state index contributed by atoms with van der Waals surface area (Å²) >= 11 is 0. The lowest BCUT2D eigenvalue weighted by molar-refractivity contribution is -0.260. The molecule has 0 amide bonds. The minimum Gasteiger partial charge on any atom is -0.396 e. The van der Waals surface area contributed by atoms with E-state index in [9.17, 15) is 10.2 Å². The van der Waals surface area contributed by atoms with Crippen molar-refractivity contribution >= 4 is 0 Å². The van der Waals surface area contributed by atoms with Gasteiger partial charge in [0.2, 0.25) is 0 Å². The van der Waals surface area contributed by atoms with Crippen LogP contribution in [-0.4, -0.2) is 60.9 Å². The fraction of sp³-hybridized carbons (Fsp3) is 1.00. The molecule has 4 saturated carbocycles. The zero-order valence-corrected chi connectivity index (χ0v) is 19.2. The molecule has 6 rings (SSSR count). The van der Waals surface area contributed by atoms with Crippen molar-refractivity contribution in [1.82, 2.24) is 0 Å². The standard InChI is InChI=1S/C25H40O6/c1-22-7-8-25(30-11-12-31-25)13-16(22)3-4-17-18-5-6-20(23(2)28-9-10-29-23)24(18,15-26)14-19(27)21(17)22/h16-21,26-27H,3-15H2,1-2H3. The average molecular weight is 437 g/mol. The topological polar surface area (TPSA) is 77.4 Å². The van der Waals surface area contributed by atoms with E-state index < -0.39 is 5.79 Å². The number of aliphatic hydroxyl groups excluding tert-OH is 2. The molecule has 0 aromatic carbocycles. The first-order valence-electron chi connectivity index (χ1n) is 12.7. The van der Waals surface area contributed by atoms with Crippen molar-refractivity contribution in [3.63, 3.8) is 0 Å². The smallest absolute Gasteiger partial charge is 0.169 e. The Morgan fingerprint density at radius 2 is 1.55 bits per heavy atom. The zero-order valence-electron chi connectivity index (χ0n) is 19.2. The van der Waals surface area contributed by atoms with Crippen LogP contribution in [0.3, 0.4) is 0 Å². The van der Waals surface area contributed by atoms with Crippen LogP contribution in [0.5, 0.6) is 0 Å². The Labute approximate surface area is 186 Å². The van der Waals surface area contributed by atoms with Crippen LogP contribution in [-0.2, 0) is 18.9 Å². The molecule has 0 bridgehead atoms. The highest BCUT2D eigenvalue weighted by Gasteiger charge is 2.68. The SMILES string of the molecule is CC1(C2CCC3C4CCC5CC6(CCC5(C)C4C(O)CC32CO)OCCO6)OCCO1. The van der Waals surface area contributed by atoms with Crippen molar-refractivity contribution in [1.29, 1.82) is 0 Å². The molecule has 1 spiro atoms. The van der Waals surface area contributed by atoms with Gasteiger partial charge >= 0.3 is 0 Å². The number of fused-ring (bicyclic) bond motifs is 5. The lowest BCUT2D eigenvalue weighted by atomic mass is 9.43. The maximum Gasteiger partial charge on any atom is 0.169 e. The van der Waals surface area contributed by atoms with Crippen molar-refractivity contribution in [2.75, 3.05) is 33.0 Å². The molecule has 8 unspecified atom stereocenters. The fourth-order valence-electron chi connectivity index (χ4n) is 9.68. The van der Waals surface area contributed by atoms with Gasteiger partial charge in [-0.3, -0.25) is 0 Å². The van der Waals surface area contributed by atoms with E-state index in [2.05, 4.69) is 13.8 Å². The molecule has 8 atom stereocenters. The van der Waals surface area contributed by atoms with Gasteiger partial charge in [-0.25, -0.2) is 0 Å². The molecule has 2 N–H and O–H groups in total. The minimum absolute atomic E-state index is 0.118. The maximum absolute atomic E-state index is 11.7. The summed E-state index contributed by atoms with van der Waals surface area (Å²) in [6.45, 7) is 7.29. The van der Waals surface area contributed by atoms with Crippen LogP contribution in [0.4, 0.5) is 0 Å². The minimum atomic E-state index is -0.625. The molecule has 0 aromatic rings. The molecule has 2 aliphatic heterocycles. The Kier molecular flexibility index (Phi) is 4.90. The Morgan fingerprint density at radius 1 is 0.839 bits per heavy atom. The molecule has 0 aromatic heterocycles. The van der Waals surface area contributed by atoms with E-state index in [1.807, 2.05) is 0 Å². The average Bonchev–Trinajstić information content (AvgIpc) is 3.48. The largest absolute Gasteiger partial charge is 0.396 e. The maximum atomic E-state index is 11.7. The Hall–Kier alpha value is -0.240. The van der Waals surface area contributed by atoms with Gasteiger partial charge in [-0.2, -0.15) is 0 Å². The van der Waals surface area contributed by atoms with Gasteiger partial charge in [-0.05, 0) is 74.5 Å². The predicted octanol–water partition coefficient (Wildman–Crippen LogP) is 3.09. The van der Waals surface area contributed by atoms with Gasteiger partial charge in [0, 0.05) is 30.8 Å². The summed E-state index contributed by atoms with van der Waals surface area (Å²) in [5.41, 5.74) is -0.177. The van der Waals surface area contributed by atoms with Gasteiger partial charge in [0.15, 0.2) is 11.6 Å². The molecule has 2 saturated heterocycles. The van der Waals surface area contributed by atoms with Gasteiger partial charge in [0.05, 0.1) is 32.5 Å². The zero-order chi connectivity index (χ0) is 21.5. The van der Waals surface area contributed by atoms with E-state index in [4.69, 9.17) is 18.9 Å². The van der Waals surface area contributed by atoms with Crippen LogP contribution in [0, 0.1) is 40.4 Å². The molecule has 2 heterocycles. The Bertz CT molecular complexity index is 700. The second-order valence-electron chi connectivity index (χ2n) is 11.9. The number of hydrogen-bond acceptors (Lipinski definition) is 6. The number of rotatable bonds is 2. The number of aliphatic hydroxyl groups is 2. The van der Waals surface area contributed by atoms with Gasteiger partial charge in [-0.15, -0.1) is 0 Å². The van der Waals surface area contributed by atoms with Crippen molar-refractivity contribution < 1.29 is 29.2 Å². The van der Waals surface area contributed by atoms with Crippen LogP contribution in [0.2, 0.25) is 0 Å². The Morgan fingerprint density at radius 3 is 2.26 bits per heavy atom. The molecule has 176 valence electrons. The quantitative estimate of drug-likeness (QED) is 0.693. The van der Waals surface area contributed by atoms with Gasteiger partial charge in [-0.1, -0.05) is 6.92 Å². The number of hydrogen-bond donors (Lipinski definition) is 2. The summed E-state index contributed by atoms with van der Waals surface area (Å²) < 4.78 is 24.3. The van der Waals surface area contributed by atoms with Crippen LogP contribution in [0.25, 0.3) is 0 Å². The van der Waals surface area contributed by atoms with Crippen molar-refractivity contribution in [2.45, 2.75) is 82.9 Å². The molecule has 0 radical (unpaired) electrons. The third-order valence-electron chi connectivity index (χ3n) is 10.9. The second-order valence-corrected chi connectivity index (χ2v) is 11.9. The van der Waals surface area contributed by atoms with E-state index in [1.165, 1.54) is 6.42 Å². The lowest BCUT2D eigenvalue weighted by Gasteiger charge is -2.63. The van der Waals surface area contributed by atoms with E-state index in [1.54, 1.807) is 0 Å². The van der Waals surface area contributed by atoms with Gasteiger partial charge in [0.25, 0.3) is 0 Å². The first-order valence-corrected chi connectivity index (χ1v) is 12.7. The van der Waals surface area contributed by atoms with Crippen molar-refractivity contribution in [3.05, 3.63) is 0 Å². The molecule has 31 heavy (non-hydrogen) atoms. The van der Waals surface area contributed by atoms with E-state index in [0.717, 1.165) is 38.5 Å². The monoisotopic (exact) mass is 436 g/mol. The highest BCUT2D eigenvalue weighted by Crippen LogP contribution is 2.69. The molecule has 4 aliphatic carbocycles. The highest BCUT2D eigenvalue weighted by molar-refractivity contribution is 5.15. The van der Waals surface area contributed by atoms with Crippen LogP contribution >= 0.6 is 0 Å². The summed E-state index contributed by atoms with van der Waals surface area (Å²) in [4.78, 5) is 0. The molecule has 6 aliphatic rings. The van der Waals surface area contributed by atoms with E-state index in [-0.39, 0.29) is 35.2 Å². The molecular weight excluding hydrogens is 396 g/mol. The summed E-state index contributed by atoms with van der Waals surface area (Å²) in [7, 11) is 0. The summed E-state index contributed by atoms with van der Waals surface area (Å²) in [6.07, 6.45) is 7.69. The molecule has 6 heteroatoms. The predicted molar refractivity (Wildman–Crippen MR) is 113 cm³/mol. The first-order chi connectivity index (χ1) is 14.9.